The van der Waals surface area contributed by atoms with Crippen LogP contribution in [-0.4, -0.2) is 24.2 Å². The van der Waals surface area contributed by atoms with Gasteiger partial charge < -0.3 is 10.0 Å². The van der Waals surface area contributed by atoms with Gasteiger partial charge in [0.1, 0.15) is 0 Å². The van der Waals surface area contributed by atoms with E-state index in [0.717, 1.165) is 28.8 Å². The molecule has 1 aromatic rings. The number of carboxylic acid groups (broad SMARTS) is 1. The number of nitrogens with zero attached hydrogens (tertiary/aromatic N) is 1. The SMILES string of the molecule is CC1CN(c2cc(Br)ccc2C=CC(=O)O)CC1C. The van der Waals surface area contributed by atoms with Gasteiger partial charge in [0.2, 0.25) is 0 Å². The third-order valence-electron chi connectivity index (χ3n) is 3.73. The molecule has 1 saturated heterocycles. The lowest BCUT2D eigenvalue weighted by Gasteiger charge is -2.21. The molecule has 4 heteroatoms. The van der Waals surface area contributed by atoms with Gasteiger partial charge in [-0.2, -0.15) is 0 Å². The minimum absolute atomic E-state index is 0.662. The molecule has 0 aromatic heterocycles. The van der Waals surface area contributed by atoms with E-state index in [1.165, 1.54) is 6.08 Å². The number of hydrogen-bond donors (Lipinski definition) is 1. The van der Waals surface area contributed by atoms with E-state index in [1.807, 2.05) is 12.1 Å². The highest BCUT2D eigenvalue weighted by Gasteiger charge is 2.27. The molecule has 2 unspecified atom stereocenters. The predicted octanol–water partition coefficient (Wildman–Crippen LogP) is 3.64. The van der Waals surface area contributed by atoms with E-state index in [0.29, 0.717) is 11.8 Å². The molecule has 1 N–H and O–H groups in total. The smallest absolute Gasteiger partial charge is 0.328 e. The largest absolute Gasteiger partial charge is 0.478 e. The number of anilines is 1. The van der Waals surface area contributed by atoms with Gasteiger partial charge >= 0.3 is 5.97 Å². The Morgan fingerprint density at radius 1 is 1.37 bits per heavy atom. The van der Waals surface area contributed by atoms with Gasteiger partial charge in [0.15, 0.2) is 0 Å². The average molecular weight is 324 g/mol. The van der Waals surface area contributed by atoms with Crippen molar-refractivity contribution in [3.05, 3.63) is 34.3 Å². The molecule has 0 radical (unpaired) electrons. The minimum atomic E-state index is -0.919. The molecule has 3 nitrogen and oxygen atoms in total. The van der Waals surface area contributed by atoms with Crippen LogP contribution < -0.4 is 4.90 Å². The lowest BCUT2D eigenvalue weighted by molar-refractivity contribution is -0.131. The van der Waals surface area contributed by atoms with Crippen LogP contribution in [0.3, 0.4) is 0 Å². The van der Waals surface area contributed by atoms with Gasteiger partial charge in [-0.25, -0.2) is 4.79 Å². The maximum atomic E-state index is 10.7. The van der Waals surface area contributed by atoms with Crippen molar-refractivity contribution in [2.45, 2.75) is 13.8 Å². The Bertz CT molecular complexity index is 503. The molecule has 19 heavy (non-hydrogen) atoms. The van der Waals surface area contributed by atoms with E-state index >= 15 is 0 Å². The lowest BCUT2D eigenvalue weighted by atomic mass is 10.0. The highest BCUT2D eigenvalue weighted by atomic mass is 79.9. The summed E-state index contributed by atoms with van der Waals surface area (Å²) in [6.07, 6.45) is 2.85. The Morgan fingerprint density at radius 3 is 2.58 bits per heavy atom. The molecule has 0 spiro atoms. The van der Waals surface area contributed by atoms with Gasteiger partial charge in [-0.3, -0.25) is 0 Å². The molecule has 1 heterocycles. The van der Waals surface area contributed by atoms with E-state index in [-0.39, 0.29) is 0 Å². The maximum absolute atomic E-state index is 10.7. The van der Waals surface area contributed by atoms with Crippen LogP contribution in [0.15, 0.2) is 28.7 Å². The summed E-state index contributed by atoms with van der Waals surface area (Å²) < 4.78 is 1.02. The molecule has 2 atom stereocenters. The Balaban J connectivity index is 2.33. The Morgan fingerprint density at radius 2 is 2.00 bits per heavy atom. The van der Waals surface area contributed by atoms with Crippen LogP contribution in [0.25, 0.3) is 6.08 Å². The summed E-state index contributed by atoms with van der Waals surface area (Å²) >= 11 is 3.49. The highest BCUT2D eigenvalue weighted by molar-refractivity contribution is 9.10. The molecule has 0 amide bonds. The van der Waals surface area contributed by atoms with Crippen molar-refractivity contribution in [3.8, 4) is 0 Å². The Kier molecular flexibility index (Phi) is 4.30. The van der Waals surface area contributed by atoms with Crippen LogP contribution in [-0.2, 0) is 4.79 Å². The number of benzene rings is 1. The van der Waals surface area contributed by atoms with Gasteiger partial charge in [0.25, 0.3) is 0 Å². The van der Waals surface area contributed by atoms with Crippen molar-refractivity contribution in [2.24, 2.45) is 11.8 Å². The third-order valence-corrected chi connectivity index (χ3v) is 4.22. The van der Waals surface area contributed by atoms with Crippen LogP contribution in [0, 0.1) is 11.8 Å². The first-order valence-corrected chi connectivity index (χ1v) is 7.22. The average Bonchev–Trinajstić information content (AvgIpc) is 2.68. The monoisotopic (exact) mass is 323 g/mol. The molecule has 0 aliphatic carbocycles. The molecule has 2 rings (SSSR count). The maximum Gasteiger partial charge on any atom is 0.328 e. The summed E-state index contributed by atoms with van der Waals surface area (Å²) in [5, 5.41) is 8.76. The summed E-state index contributed by atoms with van der Waals surface area (Å²) in [7, 11) is 0. The summed E-state index contributed by atoms with van der Waals surface area (Å²) in [5.74, 6) is 0.405. The topological polar surface area (TPSA) is 40.5 Å². The van der Waals surface area contributed by atoms with Crippen LogP contribution in [0.2, 0.25) is 0 Å². The van der Waals surface area contributed by atoms with E-state index in [1.54, 1.807) is 6.08 Å². The second-order valence-corrected chi connectivity index (χ2v) is 6.15. The second kappa shape index (κ2) is 5.78. The number of hydrogen-bond acceptors (Lipinski definition) is 2. The summed E-state index contributed by atoms with van der Waals surface area (Å²) in [4.78, 5) is 13.0. The van der Waals surface area contributed by atoms with Gasteiger partial charge in [-0.05, 0) is 35.6 Å². The zero-order valence-electron chi connectivity index (χ0n) is 11.1. The van der Waals surface area contributed by atoms with Gasteiger partial charge in [-0.1, -0.05) is 35.8 Å². The second-order valence-electron chi connectivity index (χ2n) is 5.23. The zero-order valence-corrected chi connectivity index (χ0v) is 12.7. The molecule has 0 saturated carbocycles. The van der Waals surface area contributed by atoms with E-state index < -0.39 is 5.97 Å². The predicted molar refractivity (Wildman–Crippen MR) is 81.4 cm³/mol. The third kappa shape index (κ3) is 3.38. The highest BCUT2D eigenvalue weighted by Crippen LogP contribution is 2.32. The molecule has 102 valence electrons. The first-order chi connectivity index (χ1) is 8.97. The standard InChI is InChI=1S/C15H18BrNO2/c1-10-8-17(9-11(10)2)14-7-13(16)5-3-12(14)4-6-15(18)19/h3-7,10-11H,8-9H2,1-2H3,(H,18,19). The number of carboxylic acids is 1. The van der Waals surface area contributed by atoms with Crippen molar-refractivity contribution >= 4 is 33.7 Å². The molecular formula is C15H18BrNO2. The van der Waals surface area contributed by atoms with Crippen molar-refractivity contribution in [1.82, 2.24) is 0 Å². The summed E-state index contributed by atoms with van der Waals surface area (Å²) in [6, 6.07) is 5.95. The number of aliphatic carboxylic acids is 1. The Labute approximate surface area is 122 Å². The van der Waals surface area contributed by atoms with Crippen molar-refractivity contribution in [3.63, 3.8) is 0 Å². The molecular weight excluding hydrogens is 306 g/mol. The van der Waals surface area contributed by atoms with Crippen LogP contribution in [0.4, 0.5) is 5.69 Å². The molecule has 1 aliphatic heterocycles. The minimum Gasteiger partial charge on any atom is -0.478 e. The van der Waals surface area contributed by atoms with Crippen molar-refractivity contribution in [2.75, 3.05) is 18.0 Å². The van der Waals surface area contributed by atoms with Crippen LogP contribution in [0.5, 0.6) is 0 Å². The quantitative estimate of drug-likeness (QED) is 0.863. The van der Waals surface area contributed by atoms with E-state index in [9.17, 15) is 4.79 Å². The van der Waals surface area contributed by atoms with Gasteiger partial charge in [0.05, 0.1) is 0 Å². The number of halogens is 1. The Hall–Kier alpha value is -1.29. The number of carbonyl (C=O) groups is 1. The fraction of sp³-hybridized carbons (Fsp3) is 0.400. The van der Waals surface area contributed by atoms with Crippen LogP contribution in [0.1, 0.15) is 19.4 Å². The number of rotatable bonds is 3. The first-order valence-electron chi connectivity index (χ1n) is 6.43. The van der Waals surface area contributed by atoms with E-state index in [4.69, 9.17) is 5.11 Å². The zero-order chi connectivity index (χ0) is 14.0. The fourth-order valence-corrected chi connectivity index (χ4v) is 2.77. The van der Waals surface area contributed by atoms with Gasteiger partial charge in [-0.15, -0.1) is 0 Å². The normalized spacial score (nSPS) is 23.2. The molecule has 0 bridgehead atoms. The lowest BCUT2D eigenvalue weighted by Crippen LogP contribution is -2.20. The van der Waals surface area contributed by atoms with Crippen LogP contribution >= 0.6 is 15.9 Å². The van der Waals surface area contributed by atoms with Gasteiger partial charge in [0, 0.05) is 29.3 Å². The fourth-order valence-electron chi connectivity index (χ4n) is 2.42. The molecule has 1 fully saturated rings. The molecule has 1 aromatic carbocycles. The summed E-state index contributed by atoms with van der Waals surface area (Å²) in [5.41, 5.74) is 2.05. The first kappa shape index (κ1) is 14.1. The van der Waals surface area contributed by atoms with E-state index in [2.05, 4.69) is 40.7 Å². The summed E-state index contributed by atoms with van der Waals surface area (Å²) in [6.45, 7) is 6.56. The molecule has 1 aliphatic rings. The van der Waals surface area contributed by atoms with Crippen molar-refractivity contribution in [1.29, 1.82) is 0 Å². The van der Waals surface area contributed by atoms with Crippen molar-refractivity contribution < 1.29 is 9.90 Å².